The minimum Gasteiger partial charge on any atom is -0.465 e. The number of pyridine rings is 1. The third kappa shape index (κ3) is 2.56. The smallest absolute Gasteiger partial charge is 0.419 e. The molecule has 0 bridgehead atoms. The van der Waals surface area contributed by atoms with Crippen LogP contribution in [0.25, 0.3) is 0 Å². The Hall–Kier alpha value is -1.01. The number of nitrogens with zero attached hydrogens (tertiary/aromatic N) is 1. The summed E-state index contributed by atoms with van der Waals surface area (Å²) >= 11 is 10.7. The molecule has 0 saturated heterocycles. The van der Waals surface area contributed by atoms with Crippen LogP contribution in [0.2, 0.25) is 10.3 Å². The Morgan fingerprint density at radius 3 is 2.38 bits per heavy atom. The van der Waals surface area contributed by atoms with Gasteiger partial charge in [-0.2, -0.15) is 13.2 Å². The van der Waals surface area contributed by atoms with Crippen LogP contribution in [-0.2, 0) is 10.9 Å². The van der Waals surface area contributed by atoms with Crippen LogP contribution in [0, 0.1) is 0 Å². The molecule has 16 heavy (non-hydrogen) atoms. The zero-order chi connectivity index (χ0) is 12.5. The molecule has 0 atom stereocenters. The molecule has 1 aromatic rings. The van der Waals surface area contributed by atoms with Gasteiger partial charge in [-0.15, -0.1) is 0 Å². The lowest BCUT2D eigenvalue weighted by molar-refractivity contribution is -0.137. The summed E-state index contributed by atoms with van der Waals surface area (Å²) in [6, 6.07) is 0.503. The minimum absolute atomic E-state index is 0.440. The van der Waals surface area contributed by atoms with Crippen molar-refractivity contribution in [1.82, 2.24) is 4.98 Å². The number of hydrogen-bond acceptors (Lipinski definition) is 3. The largest absolute Gasteiger partial charge is 0.465 e. The summed E-state index contributed by atoms with van der Waals surface area (Å²) in [7, 11) is 1.01. The topological polar surface area (TPSA) is 39.2 Å². The van der Waals surface area contributed by atoms with Crippen molar-refractivity contribution < 1.29 is 22.7 Å². The lowest BCUT2D eigenvalue weighted by Gasteiger charge is -2.10. The third-order valence-electron chi connectivity index (χ3n) is 1.64. The molecule has 0 amide bonds. The SMILES string of the molecule is COC(=O)c1cc(C(F)(F)F)c(Cl)nc1Cl. The van der Waals surface area contributed by atoms with Gasteiger partial charge in [0, 0.05) is 0 Å². The molecular weight excluding hydrogens is 270 g/mol. The molecule has 1 rings (SSSR count). The molecule has 0 unspecified atom stereocenters. The van der Waals surface area contributed by atoms with Gasteiger partial charge in [0.05, 0.1) is 18.2 Å². The highest BCUT2D eigenvalue weighted by Crippen LogP contribution is 2.35. The van der Waals surface area contributed by atoms with Crippen LogP contribution in [0.15, 0.2) is 6.07 Å². The number of methoxy groups -OCH3 is 1. The Balaban J connectivity index is 3.39. The monoisotopic (exact) mass is 273 g/mol. The second-order valence-electron chi connectivity index (χ2n) is 2.65. The Morgan fingerprint density at radius 2 is 1.94 bits per heavy atom. The maximum Gasteiger partial charge on any atom is 0.419 e. The van der Waals surface area contributed by atoms with Gasteiger partial charge in [-0.25, -0.2) is 9.78 Å². The Kier molecular flexibility index (Phi) is 3.64. The summed E-state index contributed by atoms with van der Waals surface area (Å²) in [6.45, 7) is 0. The maximum absolute atomic E-state index is 12.4. The zero-order valence-electron chi connectivity index (χ0n) is 7.73. The highest BCUT2D eigenvalue weighted by atomic mass is 35.5. The van der Waals surface area contributed by atoms with E-state index in [-0.39, 0.29) is 0 Å². The lowest BCUT2D eigenvalue weighted by Crippen LogP contribution is -2.11. The van der Waals surface area contributed by atoms with E-state index < -0.39 is 33.6 Å². The first-order chi connectivity index (χ1) is 7.27. The standard InChI is InChI=1S/C8H4Cl2F3NO2/c1-16-7(15)3-2-4(8(11,12)13)6(10)14-5(3)9/h2H,1H3. The second kappa shape index (κ2) is 4.47. The maximum atomic E-state index is 12.4. The van der Waals surface area contributed by atoms with E-state index in [0.29, 0.717) is 6.07 Å². The fraction of sp³-hybridized carbons (Fsp3) is 0.250. The first kappa shape index (κ1) is 13.1. The zero-order valence-corrected chi connectivity index (χ0v) is 9.24. The minimum atomic E-state index is -4.71. The van der Waals surface area contributed by atoms with Gasteiger partial charge in [-0.3, -0.25) is 0 Å². The fourth-order valence-electron chi connectivity index (χ4n) is 0.922. The predicted molar refractivity (Wildman–Crippen MR) is 50.6 cm³/mol. The van der Waals surface area contributed by atoms with Crippen molar-refractivity contribution in [2.24, 2.45) is 0 Å². The van der Waals surface area contributed by atoms with Crippen molar-refractivity contribution in [3.05, 3.63) is 27.5 Å². The number of carbonyl (C=O) groups is 1. The van der Waals surface area contributed by atoms with E-state index in [4.69, 9.17) is 23.2 Å². The molecule has 88 valence electrons. The average Bonchev–Trinajstić information content (AvgIpc) is 2.14. The van der Waals surface area contributed by atoms with Crippen molar-refractivity contribution in [3.8, 4) is 0 Å². The summed E-state index contributed by atoms with van der Waals surface area (Å²) in [5, 5.41) is -1.25. The van der Waals surface area contributed by atoms with E-state index in [2.05, 4.69) is 9.72 Å². The van der Waals surface area contributed by atoms with Crippen molar-refractivity contribution in [2.75, 3.05) is 7.11 Å². The molecule has 0 radical (unpaired) electrons. The molecule has 3 nitrogen and oxygen atoms in total. The van der Waals surface area contributed by atoms with Gasteiger partial charge in [-0.1, -0.05) is 23.2 Å². The van der Waals surface area contributed by atoms with Crippen molar-refractivity contribution in [3.63, 3.8) is 0 Å². The summed E-state index contributed by atoms with van der Waals surface area (Å²) < 4.78 is 41.5. The Bertz CT molecular complexity index is 434. The average molecular weight is 274 g/mol. The number of hydrogen-bond donors (Lipinski definition) is 0. The number of rotatable bonds is 1. The van der Waals surface area contributed by atoms with Gasteiger partial charge < -0.3 is 4.74 Å². The molecule has 0 aromatic carbocycles. The van der Waals surface area contributed by atoms with Crippen LogP contribution in [0.3, 0.4) is 0 Å². The quantitative estimate of drug-likeness (QED) is 0.583. The second-order valence-corrected chi connectivity index (χ2v) is 3.37. The van der Waals surface area contributed by atoms with Gasteiger partial charge in [0.15, 0.2) is 0 Å². The molecular formula is C8H4Cl2F3NO2. The van der Waals surface area contributed by atoms with Gasteiger partial charge in [-0.05, 0) is 6.07 Å². The normalized spacial score (nSPS) is 11.4. The van der Waals surface area contributed by atoms with Gasteiger partial charge in [0.25, 0.3) is 0 Å². The number of ether oxygens (including phenoxy) is 1. The predicted octanol–water partition coefficient (Wildman–Crippen LogP) is 3.19. The van der Waals surface area contributed by atoms with Crippen LogP contribution in [0.5, 0.6) is 0 Å². The molecule has 0 aliphatic rings. The van der Waals surface area contributed by atoms with Gasteiger partial charge in [0.2, 0.25) is 0 Å². The van der Waals surface area contributed by atoms with Crippen LogP contribution >= 0.6 is 23.2 Å². The summed E-state index contributed by atoms with van der Waals surface area (Å²) in [4.78, 5) is 14.3. The number of halogens is 5. The number of esters is 1. The van der Waals surface area contributed by atoms with Crippen LogP contribution in [0.4, 0.5) is 13.2 Å². The van der Waals surface area contributed by atoms with E-state index >= 15 is 0 Å². The van der Waals surface area contributed by atoms with E-state index in [1.54, 1.807) is 0 Å². The van der Waals surface area contributed by atoms with Crippen molar-refractivity contribution in [1.29, 1.82) is 0 Å². The summed E-state index contributed by atoms with van der Waals surface area (Å²) in [5.41, 5.74) is -1.72. The molecule has 0 fully saturated rings. The Morgan fingerprint density at radius 1 is 1.38 bits per heavy atom. The molecule has 1 aromatic heterocycles. The van der Waals surface area contributed by atoms with Crippen LogP contribution in [0.1, 0.15) is 15.9 Å². The van der Waals surface area contributed by atoms with Crippen LogP contribution < -0.4 is 0 Å². The third-order valence-corrected chi connectivity index (χ3v) is 2.22. The van der Waals surface area contributed by atoms with E-state index in [0.717, 1.165) is 7.11 Å². The molecule has 0 saturated carbocycles. The van der Waals surface area contributed by atoms with Crippen molar-refractivity contribution in [2.45, 2.75) is 6.18 Å². The molecule has 1 heterocycles. The number of aromatic nitrogens is 1. The Labute approximate surface area is 98.1 Å². The molecule has 8 heteroatoms. The van der Waals surface area contributed by atoms with Gasteiger partial charge >= 0.3 is 12.1 Å². The number of alkyl halides is 3. The molecule has 0 aliphatic carbocycles. The fourth-order valence-corrected chi connectivity index (χ4v) is 1.43. The first-order valence-electron chi connectivity index (χ1n) is 3.79. The summed E-state index contributed by atoms with van der Waals surface area (Å²) in [6.07, 6.45) is -4.71. The number of carbonyl (C=O) groups excluding carboxylic acids is 1. The highest BCUT2D eigenvalue weighted by molar-refractivity contribution is 6.34. The first-order valence-corrected chi connectivity index (χ1v) is 4.54. The molecule has 0 spiro atoms. The highest BCUT2D eigenvalue weighted by Gasteiger charge is 2.35. The summed E-state index contributed by atoms with van der Waals surface area (Å²) in [5.74, 6) is -1.01. The molecule has 0 N–H and O–H groups in total. The van der Waals surface area contributed by atoms with Crippen molar-refractivity contribution >= 4 is 29.2 Å². The van der Waals surface area contributed by atoms with Gasteiger partial charge in [0.1, 0.15) is 10.3 Å². The van der Waals surface area contributed by atoms with Crippen LogP contribution in [-0.4, -0.2) is 18.1 Å². The lowest BCUT2D eigenvalue weighted by atomic mass is 10.2. The van der Waals surface area contributed by atoms with E-state index in [9.17, 15) is 18.0 Å². The molecule has 0 aliphatic heterocycles. The van der Waals surface area contributed by atoms with E-state index in [1.165, 1.54) is 0 Å². The van der Waals surface area contributed by atoms with E-state index in [1.807, 2.05) is 0 Å².